The standard InChI is InChI=1S/C12H16O3/c1-3-9(8-13)12(14)10-4-6-11(15-2)7-5-10/h4-7,9,13H,3,8H2,1-2H3. The van der Waals surface area contributed by atoms with Gasteiger partial charge >= 0.3 is 0 Å². The van der Waals surface area contributed by atoms with E-state index in [-0.39, 0.29) is 18.3 Å². The normalized spacial score (nSPS) is 12.2. The molecule has 1 atom stereocenters. The first kappa shape index (κ1) is 11.7. The van der Waals surface area contributed by atoms with E-state index in [0.717, 1.165) is 5.75 Å². The predicted molar refractivity (Wildman–Crippen MR) is 58.2 cm³/mol. The van der Waals surface area contributed by atoms with Crippen LogP contribution < -0.4 is 4.74 Å². The Balaban J connectivity index is 2.82. The molecule has 1 unspecified atom stereocenters. The summed E-state index contributed by atoms with van der Waals surface area (Å²) in [6, 6.07) is 6.94. The molecule has 15 heavy (non-hydrogen) atoms. The van der Waals surface area contributed by atoms with Crippen LogP contribution in [0.25, 0.3) is 0 Å². The van der Waals surface area contributed by atoms with Crippen molar-refractivity contribution in [1.82, 2.24) is 0 Å². The van der Waals surface area contributed by atoms with Gasteiger partial charge in [-0.15, -0.1) is 0 Å². The number of benzene rings is 1. The molecule has 0 bridgehead atoms. The topological polar surface area (TPSA) is 46.5 Å². The highest BCUT2D eigenvalue weighted by Gasteiger charge is 2.16. The molecule has 1 aromatic rings. The number of ether oxygens (including phenoxy) is 1. The van der Waals surface area contributed by atoms with E-state index in [4.69, 9.17) is 9.84 Å². The first-order valence-corrected chi connectivity index (χ1v) is 5.02. The lowest BCUT2D eigenvalue weighted by Gasteiger charge is -2.10. The van der Waals surface area contributed by atoms with Crippen molar-refractivity contribution in [3.05, 3.63) is 29.8 Å². The van der Waals surface area contributed by atoms with Gasteiger partial charge in [-0.25, -0.2) is 0 Å². The Morgan fingerprint density at radius 3 is 2.40 bits per heavy atom. The van der Waals surface area contributed by atoms with Gasteiger partial charge < -0.3 is 9.84 Å². The number of aliphatic hydroxyl groups excluding tert-OH is 1. The molecule has 0 radical (unpaired) electrons. The molecule has 0 spiro atoms. The summed E-state index contributed by atoms with van der Waals surface area (Å²) in [6.45, 7) is 1.80. The molecule has 0 fully saturated rings. The van der Waals surface area contributed by atoms with Gasteiger partial charge in [-0.1, -0.05) is 6.92 Å². The number of carbonyl (C=O) groups is 1. The van der Waals surface area contributed by atoms with Crippen LogP contribution in [0.4, 0.5) is 0 Å². The van der Waals surface area contributed by atoms with E-state index in [0.29, 0.717) is 12.0 Å². The van der Waals surface area contributed by atoms with E-state index < -0.39 is 0 Å². The summed E-state index contributed by atoms with van der Waals surface area (Å²) in [5.74, 6) is 0.421. The lowest BCUT2D eigenvalue weighted by atomic mass is 9.96. The zero-order valence-electron chi connectivity index (χ0n) is 9.06. The fourth-order valence-corrected chi connectivity index (χ4v) is 1.39. The molecule has 0 aliphatic heterocycles. The number of rotatable bonds is 5. The highest BCUT2D eigenvalue weighted by atomic mass is 16.5. The Labute approximate surface area is 89.7 Å². The molecule has 0 aromatic heterocycles. The van der Waals surface area contributed by atoms with Crippen LogP contribution in [0.5, 0.6) is 5.75 Å². The smallest absolute Gasteiger partial charge is 0.168 e. The van der Waals surface area contributed by atoms with Gasteiger partial charge in [0.15, 0.2) is 5.78 Å². The quantitative estimate of drug-likeness (QED) is 0.752. The van der Waals surface area contributed by atoms with Gasteiger partial charge in [0.25, 0.3) is 0 Å². The molecule has 0 heterocycles. The molecule has 0 aliphatic rings. The molecule has 1 rings (SSSR count). The molecule has 0 amide bonds. The van der Waals surface area contributed by atoms with Crippen LogP contribution in [0.15, 0.2) is 24.3 Å². The maximum atomic E-state index is 11.8. The van der Waals surface area contributed by atoms with Crippen molar-refractivity contribution in [1.29, 1.82) is 0 Å². The Kier molecular flexibility index (Phi) is 4.31. The Hall–Kier alpha value is -1.35. The van der Waals surface area contributed by atoms with Crippen LogP contribution in [0.1, 0.15) is 23.7 Å². The molecule has 1 aromatic carbocycles. The minimum absolute atomic E-state index is 0.0114. The zero-order valence-corrected chi connectivity index (χ0v) is 9.06. The minimum atomic E-state index is -0.293. The first-order valence-electron chi connectivity index (χ1n) is 5.02. The molecule has 3 nitrogen and oxygen atoms in total. The molecule has 0 saturated heterocycles. The molecule has 0 aliphatic carbocycles. The Bertz CT molecular complexity index is 312. The summed E-state index contributed by atoms with van der Waals surface area (Å²) < 4.78 is 5.00. The van der Waals surface area contributed by atoms with Crippen LogP contribution in [0, 0.1) is 5.92 Å². The van der Waals surface area contributed by atoms with Gasteiger partial charge in [-0.2, -0.15) is 0 Å². The van der Waals surface area contributed by atoms with Gasteiger partial charge in [0.1, 0.15) is 5.75 Å². The molecule has 82 valence electrons. The van der Waals surface area contributed by atoms with Gasteiger partial charge in [-0.05, 0) is 30.7 Å². The van der Waals surface area contributed by atoms with Crippen molar-refractivity contribution >= 4 is 5.78 Å². The van der Waals surface area contributed by atoms with E-state index in [1.165, 1.54) is 0 Å². The predicted octanol–water partition coefficient (Wildman–Crippen LogP) is 1.90. The average Bonchev–Trinajstić information content (AvgIpc) is 2.30. The van der Waals surface area contributed by atoms with Crippen molar-refractivity contribution in [2.24, 2.45) is 5.92 Å². The molecule has 3 heteroatoms. The number of ketones is 1. The van der Waals surface area contributed by atoms with E-state index in [2.05, 4.69) is 0 Å². The van der Waals surface area contributed by atoms with Crippen molar-refractivity contribution in [2.45, 2.75) is 13.3 Å². The number of aliphatic hydroxyl groups is 1. The third kappa shape index (κ3) is 2.80. The summed E-state index contributed by atoms with van der Waals surface area (Å²) in [7, 11) is 1.58. The lowest BCUT2D eigenvalue weighted by Crippen LogP contribution is -2.17. The highest BCUT2D eigenvalue weighted by molar-refractivity contribution is 5.98. The lowest BCUT2D eigenvalue weighted by molar-refractivity contribution is 0.0856. The van der Waals surface area contributed by atoms with Gasteiger partial charge in [0, 0.05) is 11.5 Å². The van der Waals surface area contributed by atoms with Gasteiger partial charge in [-0.3, -0.25) is 4.79 Å². The zero-order chi connectivity index (χ0) is 11.3. The van der Waals surface area contributed by atoms with Crippen LogP contribution in [0.3, 0.4) is 0 Å². The summed E-state index contributed by atoms with van der Waals surface area (Å²) >= 11 is 0. The maximum absolute atomic E-state index is 11.8. The monoisotopic (exact) mass is 208 g/mol. The SMILES string of the molecule is CCC(CO)C(=O)c1ccc(OC)cc1. The number of methoxy groups -OCH3 is 1. The Morgan fingerprint density at radius 1 is 1.40 bits per heavy atom. The van der Waals surface area contributed by atoms with Crippen LogP contribution >= 0.6 is 0 Å². The number of hydrogen-bond donors (Lipinski definition) is 1. The molecular formula is C12H16O3. The van der Waals surface area contributed by atoms with E-state index in [9.17, 15) is 4.79 Å². The van der Waals surface area contributed by atoms with Gasteiger partial charge in [0.05, 0.1) is 13.7 Å². The van der Waals surface area contributed by atoms with Crippen LogP contribution in [-0.4, -0.2) is 24.6 Å². The second-order valence-electron chi connectivity index (χ2n) is 3.38. The van der Waals surface area contributed by atoms with Crippen LogP contribution in [-0.2, 0) is 0 Å². The number of Topliss-reactive ketones (excluding diaryl/α,β-unsaturated/α-hetero) is 1. The number of carbonyl (C=O) groups excluding carboxylic acids is 1. The summed E-state index contributed by atoms with van der Waals surface area (Å²) in [6.07, 6.45) is 0.654. The summed E-state index contributed by atoms with van der Waals surface area (Å²) in [5.41, 5.74) is 0.622. The van der Waals surface area contributed by atoms with E-state index in [1.807, 2.05) is 6.92 Å². The third-order valence-electron chi connectivity index (χ3n) is 2.46. The Morgan fingerprint density at radius 2 is 2.00 bits per heavy atom. The highest BCUT2D eigenvalue weighted by Crippen LogP contribution is 2.16. The average molecular weight is 208 g/mol. The van der Waals surface area contributed by atoms with Crippen molar-refractivity contribution in [3.63, 3.8) is 0 Å². The third-order valence-corrected chi connectivity index (χ3v) is 2.46. The van der Waals surface area contributed by atoms with Crippen molar-refractivity contribution in [2.75, 3.05) is 13.7 Å². The second-order valence-corrected chi connectivity index (χ2v) is 3.38. The van der Waals surface area contributed by atoms with E-state index in [1.54, 1.807) is 31.4 Å². The second kappa shape index (κ2) is 5.51. The van der Waals surface area contributed by atoms with E-state index >= 15 is 0 Å². The van der Waals surface area contributed by atoms with Crippen LogP contribution in [0.2, 0.25) is 0 Å². The molecule has 0 saturated carbocycles. The van der Waals surface area contributed by atoms with Gasteiger partial charge in [0.2, 0.25) is 0 Å². The fraction of sp³-hybridized carbons (Fsp3) is 0.417. The molecule has 1 N–H and O–H groups in total. The summed E-state index contributed by atoms with van der Waals surface area (Å²) in [5, 5.41) is 9.01. The fourth-order valence-electron chi connectivity index (χ4n) is 1.39. The molecular weight excluding hydrogens is 192 g/mol. The summed E-state index contributed by atoms with van der Waals surface area (Å²) in [4.78, 5) is 11.8. The first-order chi connectivity index (χ1) is 7.22. The van der Waals surface area contributed by atoms with Crippen molar-refractivity contribution in [3.8, 4) is 5.75 Å². The maximum Gasteiger partial charge on any atom is 0.168 e. The largest absolute Gasteiger partial charge is 0.497 e. The minimum Gasteiger partial charge on any atom is -0.497 e. The number of hydrogen-bond acceptors (Lipinski definition) is 3. The van der Waals surface area contributed by atoms with Crippen molar-refractivity contribution < 1.29 is 14.6 Å².